The Bertz CT molecular complexity index is 368. The molecule has 3 nitrogen and oxygen atoms in total. The average Bonchev–Trinajstić information content (AvgIpc) is 2.53. The minimum absolute atomic E-state index is 0.220. The van der Waals surface area contributed by atoms with Gasteiger partial charge in [-0.05, 0) is 43.5 Å². The van der Waals surface area contributed by atoms with Crippen LogP contribution in [0.15, 0.2) is 24.3 Å². The molecule has 2 rings (SSSR count). The van der Waals surface area contributed by atoms with Gasteiger partial charge in [0.1, 0.15) is 5.82 Å². The Labute approximate surface area is 101 Å². The van der Waals surface area contributed by atoms with Gasteiger partial charge in [-0.15, -0.1) is 0 Å². The first kappa shape index (κ1) is 12.3. The number of halogens is 1. The van der Waals surface area contributed by atoms with Crippen LogP contribution in [-0.2, 0) is 0 Å². The maximum Gasteiger partial charge on any atom is 0.123 e. The van der Waals surface area contributed by atoms with Gasteiger partial charge in [-0.25, -0.2) is 4.39 Å². The summed E-state index contributed by atoms with van der Waals surface area (Å²) in [4.78, 5) is 2.17. The highest BCUT2D eigenvalue weighted by Crippen LogP contribution is 2.25. The Morgan fingerprint density at radius 1 is 1.24 bits per heavy atom. The minimum atomic E-state index is -0.727. The third kappa shape index (κ3) is 2.96. The van der Waals surface area contributed by atoms with Crippen molar-refractivity contribution in [1.82, 2.24) is 0 Å². The molecule has 1 unspecified atom stereocenters. The molecular weight excluding hydrogens is 219 g/mol. The van der Waals surface area contributed by atoms with Crippen LogP contribution in [0.2, 0.25) is 0 Å². The van der Waals surface area contributed by atoms with Crippen molar-refractivity contribution in [3.63, 3.8) is 0 Å². The Kier molecular flexibility index (Phi) is 3.64. The summed E-state index contributed by atoms with van der Waals surface area (Å²) in [6, 6.07) is 6.50. The Hall–Kier alpha value is -1.13. The highest BCUT2D eigenvalue weighted by molar-refractivity contribution is 5.46. The van der Waals surface area contributed by atoms with Gasteiger partial charge in [0.15, 0.2) is 0 Å². The summed E-state index contributed by atoms with van der Waals surface area (Å²) in [7, 11) is 0. The molecule has 0 radical (unpaired) electrons. The van der Waals surface area contributed by atoms with Gasteiger partial charge in [0.05, 0.1) is 5.60 Å². The molecule has 0 aromatic heterocycles. The fourth-order valence-corrected chi connectivity index (χ4v) is 2.29. The van der Waals surface area contributed by atoms with Crippen molar-refractivity contribution in [3.8, 4) is 0 Å². The molecule has 4 heteroatoms. The maximum absolute atomic E-state index is 12.8. The van der Waals surface area contributed by atoms with Gasteiger partial charge in [0.25, 0.3) is 0 Å². The Morgan fingerprint density at radius 3 is 2.59 bits per heavy atom. The van der Waals surface area contributed by atoms with Crippen LogP contribution in [0.25, 0.3) is 0 Å². The molecule has 1 fully saturated rings. The molecule has 1 aromatic carbocycles. The van der Waals surface area contributed by atoms with E-state index in [1.807, 2.05) is 0 Å². The third-order valence-electron chi connectivity index (χ3n) is 3.49. The molecule has 0 amide bonds. The van der Waals surface area contributed by atoms with Gasteiger partial charge in [0, 0.05) is 25.3 Å². The Morgan fingerprint density at radius 2 is 1.94 bits per heavy atom. The smallest absolute Gasteiger partial charge is 0.123 e. The molecule has 1 atom stereocenters. The summed E-state index contributed by atoms with van der Waals surface area (Å²) in [5.41, 5.74) is 5.87. The van der Waals surface area contributed by atoms with Gasteiger partial charge in [-0.3, -0.25) is 0 Å². The van der Waals surface area contributed by atoms with Crippen LogP contribution in [0.4, 0.5) is 10.1 Å². The number of aliphatic hydroxyl groups is 1. The van der Waals surface area contributed by atoms with Crippen LogP contribution in [0.5, 0.6) is 0 Å². The number of nitrogens with two attached hydrogens (primary N) is 1. The van der Waals surface area contributed by atoms with E-state index in [9.17, 15) is 9.50 Å². The maximum atomic E-state index is 12.8. The van der Waals surface area contributed by atoms with Crippen LogP contribution < -0.4 is 10.6 Å². The van der Waals surface area contributed by atoms with E-state index in [0.717, 1.165) is 31.6 Å². The summed E-state index contributed by atoms with van der Waals surface area (Å²) < 4.78 is 12.8. The standard InChI is InChI=1S/C13H19FN2O/c14-11-2-4-12(5-3-11)16-8-1-6-13(17,10-15)7-9-16/h2-5,17H,1,6-10,15H2. The SMILES string of the molecule is NCC1(O)CCCN(c2ccc(F)cc2)CC1. The van der Waals surface area contributed by atoms with E-state index >= 15 is 0 Å². The highest BCUT2D eigenvalue weighted by atomic mass is 19.1. The molecule has 0 spiro atoms. The molecule has 0 bridgehead atoms. The second kappa shape index (κ2) is 5.02. The van der Waals surface area contributed by atoms with Gasteiger partial charge in [0.2, 0.25) is 0 Å². The normalized spacial score (nSPS) is 25.7. The van der Waals surface area contributed by atoms with Crippen molar-refractivity contribution in [2.45, 2.75) is 24.9 Å². The predicted octanol–water partition coefficient (Wildman–Crippen LogP) is 1.51. The van der Waals surface area contributed by atoms with E-state index in [4.69, 9.17) is 5.73 Å². The number of hydrogen-bond donors (Lipinski definition) is 2. The van der Waals surface area contributed by atoms with Crippen LogP contribution in [-0.4, -0.2) is 30.3 Å². The second-order valence-electron chi connectivity index (χ2n) is 4.75. The third-order valence-corrected chi connectivity index (χ3v) is 3.49. The predicted molar refractivity (Wildman–Crippen MR) is 66.5 cm³/mol. The molecule has 1 heterocycles. The zero-order valence-corrected chi connectivity index (χ0v) is 9.90. The number of anilines is 1. The first-order valence-corrected chi connectivity index (χ1v) is 6.06. The quantitative estimate of drug-likeness (QED) is 0.821. The summed E-state index contributed by atoms with van der Waals surface area (Å²) in [6.07, 6.45) is 2.31. The molecule has 1 aliphatic rings. The lowest BCUT2D eigenvalue weighted by atomic mass is 9.95. The molecule has 0 saturated carbocycles. The summed E-state index contributed by atoms with van der Waals surface area (Å²) >= 11 is 0. The lowest BCUT2D eigenvalue weighted by Gasteiger charge is -2.26. The molecule has 1 aromatic rings. The van der Waals surface area contributed by atoms with E-state index in [1.54, 1.807) is 12.1 Å². The van der Waals surface area contributed by atoms with Crippen LogP contribution in [0.3, 0.4) is 0 Å². The summed E-state index contributed by atoms with van der Waals surface area (Å²) in [5.74, 6) is -0.220. The molecule has 3 N–H and O–H groups in total. The summed E-state index contributed by atoms with van der Waals surface area (Å²) in [6.45, 7) is 1.96. The van der Waals surface area contributed by atoms with Gasteiger partial charge in [-0.2, -0.15) is 0 Å². The molecular formula is C13H19FN2O. The molecule has 1 saturated heterocycles. The van der Waals surface area contributed by atoms with Crippen molar-refractivity contribution in [3.05, 3.63) is 30.1 Å². The van der Waals surface area contributed by atoms with E-state index in [-0.39, 0.29) is 5.82 Å². The van der Waals surface area contributed by atoms with E-state index < -0.39 is 5.60 Å². The van der Waals surface area contributed by atoms with Gasteiger partial charge >= 0.3 is 0 Å². The lowest BCUT2D eigenvalue weighted by Crippen LogP contribution is -2.38. The second-order valence-corrected chi connectivity index (χ2v) is 4.75. The lowest BCUT2D eigenvalue weighted by molar-refractivity contribution is 0.0375. The van der Waals surface area contributed by atoms with E-state index in [2.05, 4.69) is 4.90 Å². The molecule has 1 aliphatic heterocycles. The molecule has 94 valence electrons. The van der Waals surface area contributed by atoms with Crippen molar-refractivity contribution < 1.29 is 9.50 Å². The largest absolute Gasteiger partial charge is 0.389 e. The first-order valence-electron chi connectivity index (χ1n) is 6.06. The number of hydrogen-bond acceptors (Lipinski definition) is 3. The van der Waals surface area contributed by atoms with E-state index in [0.29, 0.717) is 13.0 Å². The van der Waals surface area contributed by atoms with Gasteiger partial charge < -0.3 is 15.7 Å². The number of benzene rings is 1. The van der Waals surface area contributed by atoms with Crippen LogP contribution >= 0.6 is 0 Å². The topological polar surface area (TPSA) is 49.5 Å². The zero-order valence-electron chi connectivity index (χ0n) is 9.90. The fraction of sp³-hybridized carbons (Fsp3) is 0.538. The highest BCUT2D eigenvalue weighted by Gasteiger charge is 2.28. The number of rotatable bonds is 2. The van der Waals surface area contributed by atoms with Crippen LogP contribution in [0.1, 0.15) is 19.3 Å². The monoisotopic (exact) mass is 238 g/mol. The van der Waals surface area contributed by atoms with Crippen molar-refractivity contribution in [1.29, 1.82) is 0 Å². The minimum Gasteiger partial charge on any atom is -0.389 e. The summed E-state index contributed by atoms with van der Waals surface area (Å²) in [5, 5.41) is 10.2. The van der Waals surface area contributed by atoms with Crippen LogP contribution in [0, 0.1) is 5.82 Å². The fourth-order valence-electron chi connectivity index (χ4n) is 2.29. The van der Waals surface area contributed by atoms with Crippen molar-refractivity contribution >= 4 is 5.69 Å². The zero-order chi connectivity index (χ0) is 12.3. The Balaban J connectivity index is 2.06. The first-order chi connectivity index (χ1) is 8.13. The van der Waals surface area contributed by atoms with Gasteiger partial charge in [-0.1, -0.05) is 0 Å². The molecule has 0 aliphatic carbocycles. The number of nitrogens with zero attached hydrogens (tertiary/aromatic N) is 1. The average molecular weight is 238 g/mol. The van der Waals surface area contributed by atoms with E-state index in [1.165, 1.54) is 12.1 Å². The molecule has 17 heavy (non-hydrogen) atoms. The van der Waals surface area contributed by atoms with Crippen molar-refractivity contribution in [2.24, 2.45) is 5.73 Å². The van der Waals surface area contributed by atoms with Crippen molar-refractivity contribution in [2.75, 3.05) is 24.5 Å².